The van der Waals surface area contributed by atoms with E-state index < -0.39 is 23.5 Å². The second-order valence-corrected chi connectivity index (χ2v) is 2.53. The first-order valence-electron chi connectivity index (χ1n) is 3.53. The number of amides is 1. The van der Waals surface area contributed by atoms with Crippen LogP contribution in [0, 0.1) is 0 Å². The molecule has 68 valence electrons. The van der Waals surface area contributed by atoms with Crippen LogP contribution in [0.25, 0.3) is 0 Å². The molecule has 0 saturated carbocycles. The molecule has 0 aromatic carbocycles. The number of hydrogen-bond acceptors (Lipinski definition) is 4. The van der Waals surface area contributed by atoms with Crippen molar-refractivity contribution in [2.45, 2.75) is 25.8 Å². The molecule has 5 nitrogen and oxygen atoms in total. The average Bonchev–Trinajstić information content (AvgIpc) is 1.98. The number of ketones is 2. The first kappa shape index (κ1) is 10.8. The molecule has 4 N–H and O–H groups in total. The van der Waals surface area contributed by atoms with Crippen LogP contribution < -0.4 is 11.5 Å². The maximum absolute atomic E-state index is 10.8. The van der Waals surface area contributed by atoms with Gasteiger partial charge in [0.15, 0.2) is 5.78 Å². The predicted octanol–water partition coefficient (Wildman–Crippen LogP) is -1.26. The Labute approximate surface area is 70.1 Å². The van der Waals surface area contributed by atoms with Gasteiger partial charge < -0.3 is 11.5 Å². The molecule has 0 aliphatic carbocycles. The summed E-state index contributed by atoms with van der Waals surface area (Å²) in [5.74, 6) is -1.77. The van der Waals surface area contributed by atoms with E-state index in [-0.39, 0.29) is 12.8 Å². The van der Waals surface area contributed by atoms with E-state index in [1.165, 1.54) is 0 Å². The van der Waals surface area contributed by atoms with Crippen molar-refractivity contribution in [2.24, 2.45) is 11.5 Å². The maximum Gasteiger partial charge on any atom is 0.217 e. The van der Waals surface area contributed by atoms with E-state index in [1.807, 2.05) is 0 Å². The Balaban J connectivity index is 3.87. The fraction of sp³-hybridized carbons (Fsp3) is 0.571. The van der Waals surface area contributed by atoms with E-state index in [2.05, 4.69) is 0 Å². The predicted molar refractivity (Wildman–Crippen MR) is 42.1 cm³/mol. The lowest BCUT2D eigenvalue weighted by Gasteiger charge is -2.05. The lowest BCUT2D eigenvalue weighted by molar-refractivity contribution is -0.136. The van der Waals surface area contributed by atoms with Crippen molar-refractivity contribution in [3.05, 3.63) is 0 Å². The van der Waals surface area contributed by atoms with Gasteiger partial charge in [-0.1, -0.05) is 0 Å². The average molecular weight is 172 g/mol. The van der Waals surface area contributed by atoms with Crippen LogP contribution in [0.15, 0.2) is 0 Å². The molecule has 0 aliphatic heterocycles. The molecule has 12 heavy (non-hydrogen) atoms. The van der Waals surface area contributed by atoms with Gasteiger partial charge in [0.1, 0.15) is 0 Å². The molecule has 5 heteroatoms. The normalized spacial score (nSPS) is 12.2. The molecular weight excluding hydrogens is 160 g/mol. The zero-order chi connectivity index (χ0) is 9.72. The minimum Gasteiger partial charge on any atom is -0.370 e. The minimum absolute atomic E-state index is 0.0280. The molecule has 1 amide bonds. The molecule has 0 saturated heterocycles. The molecule has 0 rings (SSSR count). The monoisotopic (exact) mass is 172 g/mol. The van der Waals surface area contributed by atoms with E-state index in [1.54, 1.807) is 0 Å². The van der Waals surface area contributed by atoms with Crippen LogP contribution in [0.3, 0.4) is 0 Å². The second-order valence-electron chi connectivity index (χ2n) is 2.53. The molecule has 0 aromatic rings. The Kier molecular flexibility index (Phi) is 4.14. The highest BCUT2D eigenvalue weighted by molar-refractivity contribution is 6.38. The summed E-state index contributed by atoms with van der Waals surface area (Å²) in [7, 11) is 0. The molecule has 0 aromatic heterocycles. The fourth-order valence-electron chi connectivity index (χ4n) is 0.690. The van der Waals surface area contributed by atoms with Gasteiger partial charge in [-0.05, 0) is 6.42 Å². The van der Waals surface area contributed by atoms with Crippen molar-refractivity contribution < 1.29 is 14.4 Å². The number of primary amides is 1. The van der Waals surface area contributed by atoms with Gasteiger partial charge >= 0.3 is 0 Å². The molecule has 0 radical (unpaired) electrons. The Morgan fingerprint density at radius 2 is 1.83 bits per heavy atom. The molecule has 0 spiro atoms. The van der Waals surface area contributed by atoms with Gasteiger partial charge in [-0.2, -0.15) is 0 Å². The second kappa shape index (κ2) is 4.61. The van der Waals surface area contributed by atoms with Crippen molar-refractivity contribution in [3.63, 3.8) is 0 Å². The number of nitrogens with two attached hydrogens (primary N) is 2. The Bertz CT molecular complexity index is 213. The van der Waals surface area contributed by atoms with Crippen LogP contribution in [-0.4, -0.2) is 23.5 Å². The quantitative estimate of drug-likeness (QED) is 0.505. The molecule has 0 heterocycles. The van der Waals surface area contributed by atoms with Gasteiger partial charge in [-0.25, -0.2) is 0 Å². The van der Waals surface area contributed by atoms with Crippen molar-refractivity contribution in [1.29, 1.82) is 0 Å². The number of rotatable bonds is 5. The summed E-state index contributed by atoms with van der Waals surface area (Å²) in [6.45, 7) is 1.15. The highest BCUT2D eigenvalue weighted by atomic mass is 16.2. The van der Waals surface area contributed by atoms with E-state index in [9.17, 15) is 14.4 Å². The number of Topliss-reactive ketones (excluding diaryl/α,β-unsaturated/α-hetero) is 2. The summed E-state index contributed by atoms with van der Waals surface area (Å²) in [5, 5.41) is 0. The SMILES string of the molecule is CC(=O)C(=O)[C@@H](N)CCC(N)=O. The summed E-state index contributed by atoms with van der Waals surface area (Å²) in [5.41, 5.74) is 10.1. The summed E-state index contributed by atoms with van der Waals surface area (Å²) >= 11 is 0. The largest absolute Gasteiger partial charge is 0.370 e. The van der Waals surface area contributed by atoms with Crippen LogP contribution >= 0.6 is 0 Å². The Hall–Kier alpha value is -1.23. The highest BCUT2D eigenvalue weighted by Crippen LogP contribution is 1.95. The number of carbonyl (C=O) groups excluding carboxylic acids is 3. The van der Waals surface area contributed by atoms with E-state index in [0.29, 0.717) is 0 Å². The van der Waals surface area contributed by atoms with Crippen molar-refractivity contribution in [2.75, 3.05) is 0 Å². The summed E-state index contributed by atoms with van der Waals surface area (Å²) in [6, 6.07) is -0.894. The van der Waals surface area contributed by atoms with Crippen LogP contribution in [-0.2, 0) is 14.4 Å². The maximum atomic E-state index is 10.8. The first-order valence-corrected chi connectivity index (χ1v) is 3.53. The van der Waals surface area contributed by atoms with Crippen LogP contribution in [0.4, 0.5) is 0 Å². The zero-order valence-electron chi connectivity index (χ0n) is 6.87. The molecule has 0 bridgehead atoms. The summed E-state index contributed by atoms with van der Waals surface area (Å²) in [6.07, 6.45) is 0.161. The third-order valence-corrected chi connectivity index (χ3v) is 1.39. The van der Waals surface area contributed by atoms with E-state index in [4.69, 9.17) is 11.5 Å². The zero-order valence-corrected chi connectivity index (χ0v) is 6.87. The third kappa shape index (κ3) is 3.82. The topological polar surface area (TPSA) is 103 Å². The lowest BCUT2D eigenvalue weighted by Crippen LogP contribution is -2.35. The lowest BCUT2D eigenvalue weighted by atomic mass is 10.1. The van der Waals surface area contributed by atoms with Crippen LogP contribution in [0.1, 0.15) is 19.8 Å². The smallest absolute Gasteiger partial charge is 0.217 e. The van der Waals surface area contributed by atoms with Gasteiger partial charge in [0, 0.05) is 13.3 Å². The Morgan fingerprint density at radius 3 is 2.17 bits per heavy atom. The van der Waals surface area contributed by atoms with Crippen LogP contribution in [0.2, 0.25) is 0 Å². The van der Waals surface area contributed by atoms with Gasteiger partial charge in [-0.15, -0.1) is 0 Å². The van der Waals surface area contributed by atoms with Crippen molar-refractivity contribution in [3.8, 4) is 0 Å². The fourth-order valence-corrected chi connectivity index (χ4v) is 0.690. The van der Waals surface area contributed by atoms with Gasteiger partial charge in [-0.3, -0.25) is 14.4 Å². The summed E-state index contributed by atoms with van der Waals surface area (Å²) in [4.78, 5) is 31.6. The van der Waals surface area contributed by atoms with Gasteiger partial charge in [0.2, 0.25) is 11.7 Å². The van der Waals surface area contributed by atoms with Gasteiger partial charge in [0.05, 0.1) is 6.04 Å². The highest BCUT2D eigenvalue weighted by Gasteiger charge is 2.17. The van der Waals surface area contributed by atoms with Crippen molar-refractivity contribution >= 4 is 17.5 Å². The number of carbonyl (C=O) groups is 3. The minimum atomic E-state index is -0.894. The van der Waals surface area contributed by atoms with Crippen LogP contribution in [0.5, 0.6) is 0 Å². The molecule has 1 atom stereocenters. The standard InChI is InChI=1S/C7H12N2O3/c1-4(10)7(12)5(8)2-3-6(9)11/h5H,2-3,8H2,1H3,(H2,9,11)/t5-/m0/s1. The summed E-state index contributed by atoms with van der Waals surface area (Å²) < 4.78 is 0. The number of hydrogen-bond donors (Lipinski definition) is 2. The van der Waals surface area contributed by atoms with Gasteiger partial charge in [0.25, 0.3) is 0 Å². The molecule has 0 aliphatic rings. The van der Waals surface area contributed by atoms with E-state index >= 15 is 0 Å². The molecule has 0 fully saturated rings. The first-order chi connectivity index (χ1) is 5.45. The molecule has 0 unspecified atom stereocenters. The van der Waals surface area contributed by atoms with Crippen molar-refractivity contribution in [1.82, 2.24) is 0 Å². The Morgan fingerprint density at radius 1 is 1.33 bits per heavy atom. The molecular formula is C7H12N2O3. The van der Waals surface area contributed by atoms with E-state index in [0.717, 1.165) is 6.92 Å². The third-order valence-electron chi connectivity index (χ3n) is 1.39.